The van der Waals surface area contributed by atoms with Gasteiger partial charge >= 0.3 is 0 Å². The molecule has 0 aliphatic heterocycles. The normalized spacial score (nSPS) is 10.9. The summed E-state index contributed by atoms with van der Waals surface area (Å²) in [5.41, 5.74) is 5.47. The molecule has 44 valence electrons. The zero-order chi connectivity index (χ0) is 6.57. The zero-order valence-electron chi connectivity index (χ0n) is 4.81. The zero-order valence-corrected chi connectivity index (χ0v) is 4.81. The first kappa shape index (κ1) is 6.88. The molecule has 0 bridgehead atoms. The molecule has 0 saturated carbocycles. The molecule has 0 radical (unpaired) electrons. The number of aliphatic imine (C=N–C) groups is 1. The first-order valence-corrected chi connectivity index (χ1v) is 2.16. The average Bonchev–Trinajstić information content (AvgIpc) is 1.69. The Morgan fingerprint density at radius 1 is 1.88 bits per heavy atom. The van der Waals surface area contributed by atoms with Crippen molar-refractivity contribution in [3.05, 3.63) is 12.7 Å². The number of nitrogens with one attached hydrogen (secondary N) is 1. The van der Waals surface area contributed by atoms with Crippen molar-refractivity contribution >= 4 is 11.5 Å². The summed E-state index contributed by atoms with van der Waals surface area (Å²) in [6.07, 6.45) is 1.45. The Kier molecular flexibility index (Phi) is 2.54. The van der Waals surface area contributed by atoms with Gasteiger partial charge in [-0.05, 0) is 6.08 Å². The monoisotopic (exact) mass is 111 g/mol. The Hall–Kier alpha value is -1.12. The highest BCUT2D eigenvalue weighted by Crippen LogP contribution is 1.74. The van der Waals surface area contributed by atoms with E-state index in [9.17, 15) is 0 Å². The molecule has 0 fully saturated rings. The second-order valence-electron chi connectivity index (χ2n) is 1.23. The van der Waals surface area contributed by atoms with Gasteiger partial charge in [0.05, 0.1) is 5.71 Å². The fourth-order valence-corrected chi connectivity index (χ4v) is 0.322. The predicted octanol–water partition coefficient (Wildman–Crippen LogP) is 0.179. The van der Waals surface area contributed by atoms with Gasteiger partial charge in [-0.1, -0.05) is 6.58 Å². The number of nitrogens with zero attached hydrogens (tertiary/aromatic N) is 1. The van der Waals surface area contributed by atoms with E-state index in [1.165, 1.54) is 6.08 Å². The minimum atomic E-state index is -0.0394. The largest absolute Gasteiger partial charge is 0.382 e. The third kappa shape index (κ3) is 1.55. The van der Waals surface area contributed by atoms with E-state index in [4.69, 9.17) is 11.1 Å². The lowest BCUT2D eigenvalue weighted by atomic mass is 10.3. The molecule has 3 heteroatoms. The third-order valence-electron chi connectivity index (χ3n) is 0.710. The quantitative estimate of drug-likeness (QED) is 0.387. The van der Waals surface area contributed by atoms with Crippen LogP contribution in [0.5, 0.6) is 0 Å². The summed E-state index contributed by atoms with van der Waals surface area (Å²) in [5, 5.41) is 6.83. The van der Waals surface area contributed by atoms with Crippen molar-refractivity contribution < 1.29 is 0 Å². The van der Waals surface area contributed by atoms with Crippen LogP contribution in [0.3, 0.4) is 0 Å². The van der Waals surface area contributed by atoms with Gasteiger partial charge in [-0.2, -0.15) is 0 Å². The molecule has 0 aliphatic rings. The molecule has 0 aromatic heterocycles. The fourth-order valence-electron chi connectivity index (χ4n) is 0.322. The summed E-state index contributed by atoms with van der Waals surface area (Å²) in [6.45, 7) is 3.40. The van der Waals surface area contributed by atoms with Crippen molar-refractivity contribution in [2.75, 3.05) is 7.05 Å². The van der Waals surface area contributed by atoms with Gasteiger partial charge in [0.25, 0.3) is 0 Å². The second-order valence-corrected chi connectivity index (χ2v) is 1.23. The third-order valence-corrected chi connectivity index (χ3v) is 0.710. The van der Waals surface area contributed by atoms with Gasteiger partial charge < -0.3 is 5.73 Å². The van der Waals surface area contributed by atoms with Crippen molar-refractivity contribution in [2.45, 2.75) is 0 Å². The molecule has 0 unspecified atom stereocenters. The summed E-state index contributed by atoms with van der Waals surface area (Å²) in [5.74, 6) is -0.0394. The maximum absolute atomic E-state index is 6.83. The molecule has 0 aromatic carbocycles. The van der Waals surface area contributed by atoms with E-state index in [2.05, 4.69) is 11.6 Å². The molecule has 0 heterocycles. The van der Waals surface area contributed by atoms with Gasteiger partial charge in [0.15, 0.2) is 0 Å². The predicted molar refractivity (Wildman–Crippen MR) is 35.5 cm³/mol. The standard InChI is InChI=1S/C5H9N3/c1-3-4(8-2)5(6)7/h3H,1H2,2H3,(H3,6,7)/b8-4+. The number of amidine groups is 1. The first-order chi connectivity index (χ1) is 3.72. The lowest BCUT2D eigenvalue weighted by molar-refractivity contribution is 1.42. The molecule has 3 nitrogen and oxygen atoms in total. The van der Waals surface area contributed by atoms with E-state index in [0.717, 1.165) is 0 Å². The number of hydrogen-bond donors (Lipinski definition) is 2. The maximum Gasteiger partial charge on any atom is 0.141 e. The van der Waals surface area contributed by atoms with Crippen molar-refractivity contribution in [2.24, 2.45) is 10.7 Å². The summed E-state index contributed by atoms with van der Waals surface area (Å²) >= 11 is 0. The summed E-state index contributed by atoms with van der Waals surface area (Å²) in [4.78, 5) is 3.66. The average molecular weight is 111 g/mol. The van der Waals surface area contributed by atoms with Crippen LogP contribution in [0, 0.1) is 5.41 Å². The first-order valence-electron chi connectivity index (χ1n) is 2.16. The lowest BCUT2D eigenvalue weighted by Crippen LogP contribution is -2.19. The molecule has 8 heavy (non-hydrogen) atoms. The van der Waals surface area contributed by atoms with Crippen molar-refractivity contribution in [3.8, 4) is 0 Å². The van der Waals surface area contributed by atoms with Crippen LogP contribution in [-0.4, -0.2) is 18.6 Å². The molecule has 0 spiro atoms. The van der Waals surface area contributed by atoms with E-state index in [0.29, 0.717) is 5.71 Å². The Balaban J connectivity index is 4.13. The molecular formula is C5H9N3. The van der Waals surface area contributed by atoms with Gasteiger partial charge in [-0.3, -0.25) is 10.4 Å². The highest BCUT2D eigenvalue weighted by Gasteiger charge is 1.91. The smallest absolute Gasteiger partial charge is 0.141 e. The van der Waals surface area contributed by atoms with Gasteiger partial charge in [0.1, 0.15) is 5.84 Å². The van der Waals surface area contributed by atoms with Gasteiger partial charge in [0.2, 0.25) is 0 Å². The molecule has 0 aliphatic carbocycles. The van der Waals surface area contributed by atoms with Crippen molar-refractivity contribution in [1.29, 1.82) is 5.41 Å². The fraction of sp³-hybridized carbons (Fsp3) is 0.200. The van der Waals surface area contributed by atoms with E-state index in [1.807, 2.05) is 0 Å². The minimum absolute atomic E-state index is 0.0394. The van der Waals surface area contributed by atoms with Crippen LogP contribution < -0.4 is 5.73 Å². The van der Waals surface area contributed by atoms with Crippen LogP contribution in [-0.2, 0) is 0 Å². The van der Waals surface area contributed by atoms with E-state index in [1.54, 1.807) is 7.05 Å². The van der Waals surface area contributed by atoms with E-state index in [-0.39, 0.29) is 5.84 Å². The van der Waals surface area contributed by atoms with Crippen LogP contribution >= 0.6 is 0 Å². The summed E-state index contributed by atoms with van der Waals surface area (Å²) in [6, 6.07) is 0. The maximum atomic E-state index is 6.83. The number of nitrogens with two attached hydrogens (primary N) is 1. The summed E-state index contributed by atoms with van der Waals surface area (Å²) in [7, 11) is 1.57. The molecule has 0 atom stereocenters. The summed E-state index contributed by atoms with van der Waals surface area (Å²) < 4.78 is 0. The molecular weight excluding hydrogens is 102 g/mol. The van der Waals surface area contributed by atoms with E-state index >= 15 is 0 Å². The topological polar surface area (TPSA) is 62.2 Å². The Morgan fingerprint density at radius 3 is 2.38 bits per heavy atom. The van der Waals surface area contributed by atoms with Crippen molar-refractivity contribution in [3.63, 3.8) is 0 Å². The highest BCUT2D eigenvalue weighted by atomic mass is 14.8. The SMILES string of the molecule is C=C/C(=N\C)C(=N)N. The highest BCUT2D eigenvalue weighted by molar-refractivity contribution is 6.43. The minimum Gasteiger partial charge on any atom is -0.382 e. The molecule has 0 amide bonds. The Bertz CT molecular complexity index is 135. The van der Waals surface area contributed by atoms with Crippen LogP contribution in [0.1, 0.15) is 0 Å². The van der Waals surface area contributed by atoms with Crippen LogP contribution in [0.2, 0.25) is 0 Å². The molecule has 0 aromatic rings. The molecule has 0 saturated heterocycles. The van der Waals surface area contributed by atoms with Crippen LogP contribution in [0.25, 0.3) is 0 Å². The van der Waals surface area contributed by atoms with E-state index < -0.39 is 0 Å². The lowest BCUT2D eigenvalue weighted by Gasteiger charge is -1.91. The molecule has 3 N–H and O–H groups in total. The number of rotatable bonds is 2. The van der Waals surface area contributed by atoms with Crippen molar-refractivity contribution in [1.82, 2.24) is 0 Å². The van der Waals surface area contributed by atoms with Gasteiger partial charge in [-0.25, -0.2) is 0 Å². The van der Waals surface area contributed by atoms with Crippen LogP contribution in [0.15, 0.2) is 17.6 Å². The van der Waals surface area contributed by atoms with Crippen LogP contribution in [0.4, 0.5) is 0 Å². The Labute approximate surface area is 48.4 Å². The number of hydrogen-bond acceptors (Lipinski definition) is 2. The molecule has 0 rings (SSSR count). The van der Waals surface area contributed by atoms with Gasteiger partial charge in [-0.15, -0.1) is 0 Å². The second kappa shape index (κ2) is 2.96. The van der Waals surface area contributed by atoms with Gasteiger partial charge in [0, 0.05) is 7.05 Å². The Morgan fingerprint density at radius 2 is 2.38 bits per heavy atom.